The molecule has 3 rings (SSSR count). The van der Waals surface area contributed by atoms with E-state index in [4.69, 9.17) is 4.74 Å². The summed E-state index contributed by atoms with van der Waals surface area (Å²) in [6.07, 6.45) is 1.00. The lowest BCUT2D eigenvalue weighted by Crippen LogP contribution is -2.53. The van der Waals surface area contributed by atoms with Crippen LogP contribution in [0.15, 0.2) is 83.8 Å². The highest BCUT2D eigenvalue weighted by atomic mass is 32.2. The summed E-state index contributed by atoms with van der Waals surface area (Å²) in [5.74, 6) is -0.845. The molecule has 10 heteroatoms. The molecule has 0 spiro atoms. The van der Waals surface area contributed by atoms with Crippen molar-refractivity contribution in [3.05, 3.63) is 90.2 Å². The number of halogens is 1. The highest BCUT2D eigenvalue weighted by molar-refractivity contribution is 7.92. The first-order chi connectivity index (χ1) is 19.1. The number of benzene rings is 3. The zero-order valence-corrected chi connectivity index (χ0v) is 24.0. The van der Waals surface area contributed by atoms with E-state index in [0.717, 1.165) is 4.31 Å². The normalized spacial score (nSPS) is 12.7. The van der Waals surface area contributed by atoms with Gasteiger partial charge in [0, 0.05) is 12.6 Å². The van der Waals surface area contributed by atoms with Crippen LogP contribution in [0.3, 0.4) is 0 Å². The average Bonchev–Trinajstić information content (AvgIpc) is 2.96. The Kier molecular flexibility index (Phi) is 10.7. The Hall–Kier alpha value is -3.92. The molecule has 0 saturated carbocycles. The highest BCUT2D eigenvalue weighted by Crippen LogP contribution is 2.26. The molecule has 0 aliphatic carbocycles. The molecule has 3 aromatic carbocycles. The first kappa shape index (κ1) is 30.6. The molecule has 0 aromatic heterocycles. The van der Waals surface area contributed by atoms with Crippen molar-refractivity contribution in [2.24, 2.45) is 0 Å². The van der Waals surface area contributed by atoms with Crippen LogP contribution in [0.25, 0.3) is 0 Å². The van der Waals surface area contributed by atoms with Gasteiger partial charge in [0.25, 0.3) is 10.0 Å². The Morgan fingerprint density at radius 3 is 2.10 bits per heavy atom. The van der Waals surface area contributed by atoms with Crippen molar-refractivity contribution < 1.29 is 27.1 Å². The second-order valence-electron chi connectivity index (χ2n) is 9.41. The van der Waals surface area contributed by atoms with Gasteiger partial charge in [0.15, 0.2) is 0 Å². The molecule has 0 unspecified atom stereocenters. The van der Waals surface area contributed by atoms with Crippen molar-refractivity contribution in [1.29, 1.82) is 0 Å². The van der Waals surface area contributed by atoms with Crippen molar-refractivity contribution in [3.8, 4) is 5.75 Å². The van der Waals surface area contributed by atoms with Crippen molar-refractivity contribution >= 4 is 27.5 Å². The first-order valence-corrected chi connectivity index (χ1v) is 14.6. The molecule has 1 N–H and O–H groups in total. The van der Waals surface area contributed by atoms with E-state index in [9.17, 15) is 22.4 Å². The number of carbonyl (C=O) groups excluding carboxylic acids is 2. The minimum Gasteiger partial charge on any atom is -0.497 e. The second-order valence-corrected chi connectivity index (χ2v) is 11.3. The van der Waals surface area contributed by atoms with Gasteiger partial charge in [0.1, 0.15) is 24.2 Å². The van der Waals surface area contributed by atoms with E-state index in [1.165, 1.54) is 60.5 Å². The molecule has 0 heterocycles. The number of amides is 2. The fraction of sp³-hybridized carbons (Fsp3) is 0.333. The first-order valence-electron chi connectivity index (χ1n) is 13.2. The van der Waals surface area contributed by atoms with E-state index in [2.05, 4.69) is 5.32 Å². The van der Waals surface area contributed by atoms with Gasteiger partial charge in [-0.25, -0.2) is 12.8 Å². The minimum absolute atomic E-state index is 0.00322. The van der Waals surface area contributed by atoms with E-state index in [1.54, 1.807) is 37.3 Å². The quantitative estimate of drug-likeness (QED) is 0.321. The Morgan fingerprint density at radius 1 is 0.925 bits per heavy atom. The van der Waals surface area contributed by atoms with E-state index in [0.29, 0.717) is 29.8 Å². The smallest absolute Gasteiger partial charge is 0.264 e. The summed E-state index contributed by atoms with van der Waals surface area (Å²) >= 11 is 0. The molecule has 0 aliphatic rings. The van der Waals surface area contributed by atoms with Crippen molar-refractivity contribution in [2.75, 3.05) is 18.0 Å². The summed E-state index contributed by atoms with van der Waals surface area (Å²) in [4.78, 5) is 28.6. The molecule has 0 fully saturated rings. The lowest BCUT2D eigenvalue weighted by molar-refractivity contribution is -0.140. The Bertz CT molecular complexity index is 1370. The average molecular weight is 570 g/mol. The second kappa shape index (κ2) is 13.9. The third kappa shape index (κ3) is 7.59. The van der Waals surface area contributed by atoms with Crippen LogP contribution in [-0.2, 0) is 26.2 Å². The summed E-state index contributed by atoms with van der Waals surface area (Å²) < 4.78 is 47.5. The summed E-state index contributed by atoms with van der Waals surface area (Å²) in [5.41, 5.74) is 0.902. The van der Waals surface area contributed by atoms with Crippen LogP contribution in [-0.4, -0.2) is 50.9 Å². The number of sulfonamides is 1. The summed E-state index contributed by atoms with van der Waals surface area (Å²) in [6, 6.07) is 18.9. The molecule has 0 saturated heterocycles. The lowest BCUT2D eigenvalue weighted by atomic mass is 10.1. The van der Waals surface area contributed by atoms with Gasteiger partial charge >= 0.3 is 0 Å². The third-order valence-electron chi connectivity index (χ3n) is 6.62. The predicted octanol–water partition coefficient (Wildman–Crippen LogP) is 4.75. The van der Waals surface area contributed by atoms with Crippen molar-refractivity contribution in [3.63, 3.8) is 0 Å². The zero-order chi connectivity index (χ0) is 29.3. The number of carbonyl (C=O) groups is 2. The van der Waals surface area contributed by atoms with Crippen molar-refractivity contribution in [1.82, 2.24) is 10.2 Å². The molecular weight excluding hydrogens is 533 g/mol. The Morgan fingerprint density at radius 2 is 1.55 bits per heavy atom. The van der Waals surface area contributed by atoms with Gasteiger partial charge in [-0.1, -0.05) is 44.2 Å². The van der Waals surface area contributed by atoms with Gasteiger partial charge < -0.3 is 15.0 Å². The predicted molar refractivity (Wildman–Crippen MR) is 153 cm³/mol. The van der Waals surface area contributed by atoms with Crippen LogP contribution in [0.2, 0.25) is 0 Å². The van der Waals surface area contributed by atoms with Gasteiger partial charge in [-0.3, -0.25) is 13.9 Å². The number of hydrogen-bond donors (Lipinski definition) is 1. The van der Waals surface area contributed by atoms with Crippen LogP contribution in [0.1, 0.15) is 39.2 Å². The standard InChI is InChI=1S/C30H36FN3O5S/c1-5-22(3)32-30(36)28(6-2)33(20-23-12-14-24(31)15-13-23)29(35)21-34(25-10-8-7-9-11-25)40(37,38)27-18-16-26(39-4)17-19-27/h7-19,22,28H,5-6,20-21H2,1-4H3,(H,32,36)/t22-,28-/m1/s1. The molecule has 8 nitrogen and oxygen atoms in total. The van der Waals surface area contributed by atoms with Gasteiger partial charge in [-0.05, 0) is 73.9 Å². The molecule has 214 valence electrons. The summed E-state index contributed by atoms with van der Waals surface area (Å²) in [5, 5.41) is 2.93. The number of methoxy groups -OCH3 is 1. The molecule has 0 radical (unpaired) electrons. The SMILES string of the molecule is CC[C@@H](C)NC(=O)[C@@H](CC)N(Cc1ccc(F)cc1)C(=O)CN(c1ccccc1)S(=O)(=O)c1ccc(OC)cc1. The van der Waals surface area contributed by atoms with E-state index in [-0.39, 0.29) is 23.4 Å². The zero-order valence-electron chi connectivity index (χ0n) is 23.2. The largest absolute Gasteiger partial charge is 0.497 e. The maximum atomic E-state index is 14.0. The fourth-order valence-corrected chi connectivity index (χ4v) is 5.56. The Balaban J connectivity index is 2.02. The molecule has 0 bridgehead atoms. The molecule has 3 aromatic rings. The maximum absolute atomic E-state index is 14.0. The van der Waals surface area contributed by atoms with Gasteiger partial charge in [0.05, 0.1) is 17.7 Å². The number of ether oxygens (including phenoxy) is 1. The number of anilines is 1. The van der Waals surface area contributed by atoms with E-state index in [1.807, 2.05) is 13.8 Å². The van der Waals surface area contributed by atoms with Gasteiger partial charge in [0.2, 0.25) is 11.8 Å². The number of nitrogens with zero attached hydrogens (tertiary/aromatic N) is 2. The number of rotatable bonds is 13. The summed E-state index contributed by atoms with van der Waals surface area (Å²) in [6.45, 7) is 5.04. The topological polar surface area (TPSA) is 96.0 Å². The number of hydrogen-bond acceptors (Lipinski definition) is 5. The van der Waals surface area contributed by atoms with Crippen LogP contribution >= 0.6 is 0 Å². The number of nitrogens with one attached hydrogen (secondary N) is 1. The summed E-state index contributed by atoms with van der Waals surface area (Å²) in [7, 11) is -2.70. The van der Waals surface area contributed by atoms with Crippen molar-refractivity contribution in [2.45, 2.75) is 57.1 Å². The Labute approximate surface area is 235 Å². The van der Waals surface area contributed by atoms with Crippen LogP contribution in [0.4, 0.5) is 10.1 Å². The molecule has 40 heavy (non-hydrogen) atoms. The van der Waals surface area contributed by atoms with Crippen LogP contribution in [0, 0.1) is 5.82 Å². The highest BCUT2D eigenvalue weighted by Gasteiger charge is 2.34. The number of para-hydroxylation sites is 1. The van der Waals surface area contributed by atoms with Gasteiger partial charge in [-0.15, -0.1) is 0 Å². The fourth-order valence-electron chi connectivity index (χ4n) is 4.15. The molecule has 0 aliphatic heterocycles. The maximum Gasteiger partial charge on any atom is 0.264 e. The van der Waals surface area contributed by atoms with Crippen LogP contribution < -0.4 is 14.4 Å². The minimum atomic E-state index is -4.18. The molecular formula is C30H36FN3O5S. The van der Waals surface area contributed by atoms with E-state index >= 15 is 0 Å². The monoisotopic (exact) mass is 569 g/mol. The molecule has 2 atom stereocenters. The molecule has 2 amide bonds. The third-order valence-corrected chi connectivity index (χ3v) is 8.41. The van der Waals surface area contributed by atoms with E-state index < -0.39 is 34.3 Å². The lowest BCUT2D eigenvalue weighted by Gasteiger charge is -2.33. The van der Waals surface area contributed by atoms with Crippen LogP contribution in [0.5, 0.6) is 5.75 Å². The van der Waals surface area contributed by atoms with Gasteiger partial charge in [-0.2, -0.15) is 0 Å².